The van der Waals surface area contributed by atoms with Crippen molar-refractivity contribution in [3.63, 3.8) is 0 Å². The van der Waals surface area contributed by atoms with E-state index >= 15 is 0 Å². The molecule has 12 heavy (non-hydrogen) atoms. The summed E-state index contributed by atoms with van der Waals surface area (Å²) >= 11 is 0. The lowest BCUT2D eigenvalue weighted by atomic mass is 10.0. The number of hydrogen-bond donors (Lipinski definition) is 0. The van der Waals surface area contributed by atoms with Gasteiger partial charge in [0.05, 0.1) is 13.2 Å². The Morgan fingerprint density at radius 2 is 2.17 bits per heavy atom. The van der Waals surface area contributed by atoms with Crippen molar-refractivity contribution in [3.05, 3.63) is 10.4 Å². The first kappa shape index (κ1) is 9.32. The molecule has 1 atom stereocenters. The first-order chi connectivity index (χ1) is 5.69. The van der Waals surface area contributed by atoms with Gasteiger partial charge in [-0.3, -0.25) is 0 Å². The summed E-state index contributed by atoms with van der Waals surface area (Å²) in [7, 11) is 0. The van der Waals surface area contributed by atoms with E-state index in [0.29, 0.717) is 19.8 Å². The van der Waals surface area contributed by atoms with Crippen LogP contribution in [0.2, 0.25) is 0 Å². The highest BCUT2D eigenvalue weighted by Gasteiger charge is 2.36. The molecule has 5 heteroatoms. The zero-order valence-corrected chi connectivity index (χ0v) is 7.36. The Hall–Kier alpha value is -0.770. The van der Waals surface area contributed by atoms with Crippen LogP contribution >= 0.6 is 0 Å². The molecule has 0 radical (unpaired) electrons. The van der Waals surface area contributed by atoms with Gasteiger partial charge in [0, 0.05) is 17.4 Å². The van der Waals surface area contributed by atoms with E-state index in [-0.39, 0.29) is 5.92 Å². The SMILES string of the molecule is CC(CN=[N+]=[N-])C1(C)OCCO1. The average molecular weight is 171 g/mol. The van der Waals surface area contributed by atoms with Gasteiger partial charge in [-0.2, -0.15) is 0 Å². The fraction of sp³-hybridized carbons (Fsp3) is 1.00. The summed E-state index contributed by atoms with van der Waals surface area (Å²) < 4.78 is 10.8. The third-order valence-corrected chi connectivity index (χ3v) is 2.17. The van der Waals surface area contributed by atoms with Crippen LogP contribution in [-0.4, -0.2) is 25.5 Å². The summed E-state index contributed by atoms with van der Waals surface area (Å²) in [6, 6.07) is 0. The van der Waals surface area contributed by atoms with Crippen molar-refractivity contribution in [2.24, 2.45) is 11.0 Å². The van der Waals surface area contributed by atoms with Gasteiger partial charge in [-0.1, -0.05) is 12.0 Å². The lowest BCUT2D eigenvalue weighted by molar-refractivity contribution is -0.174. The molecule has 1 aliphatic heterocycles. The third kappa shape index (κ3) is 1.88. The van der Waals surface area contributed by atoms with Crippen molar-refractivity contribution >= 4 is 0 Å². The first-order valence-electron chi connectivity index (χ1n) is 3.98. The minimum Gasteiger partial charge on any atom is -0.348 e. The Morgan fingerprint density at radius 3 is 2.67 bits per heavy atom. The number of nitrogens with zero attached hydrogens (tertiary/aromatic N) is 3. The maximum absolute atomic E-state index is 8.12. The van der Waals surface area contributed by atoms with Gasteiger partial charge < -0.3 is 9.47 Å². The second-order valence-corrected chi connectivity index (χ2v) is 3.03. The summed E-state index contributed by atoms with van der Waals surface area (Å²) in [6.45, 7) is 5.47. The molecule has 1 heterocycles. The lowest BCUT2D eigenvalue weighted by Gasteiger charge is -2.28. The Morgan fingerprint density at radius 1 is 1.58 bits per heavy atom. The second-order valence-electron chi connectivity index (χ2n) is 3.03. The molecule has 0 spiro atoms. The number of rotatable bonds is 3. The maximum Gasteiger partial charge on any atom is 0.168 e. The van der Waals surface area contributed by atoms with Crippen molar-refractivity contribution in [2.45, 2.75) is 19.6 Å². The van der Waals surface area contributed by atoms with E-state index in [2.05, 4.69) is 10.0 Å². The molecular formula is C7H13N3O2. The monoisotopic (exact) mass is 171 g/mol. The topological polar surface area (TPSA) is 67.2 Å². The van der Waals surface area contributed by atoms with Crippen molar-refractivity contribution in [3.8, 4) is 0 Å². The molecule has 1 fully saturated rings. The highest BCUT2D eigenvalue weighted by Crippen LogP contribution is 2.27. The summed E-state index contributed by atoms with van der Waals surface area (Å²) in [5, 5.41) is 3.48. The molecule has 0 aromatic rings. The van der Waals surface area contributed by atoms with Crippen molar-refractivity contribution in [1.29, 1.82) is 0 Å². The fourth-order valence-corrected chi connectivity index (χ4v) is 1.14. The van der Waals surface area contributed by atoms with Crippen LogP contribution in [-0.2, 0) is 9.47 Å². The van der Waals surface area contributed by atoms with Gasteiger partial charge in [0.2, 0.25) is 0 Å². The minimum atomic E-state index is -0.561. The largest absolute Gasteiger partial charge is 0.348 e. The van der Waals surface area contributed by atoms with Crippen LogP contribution in [0.15, 0.2) is 5.11 Å². The summed E-state index contributed by atoms with van der Waals surface area (Å²) in [6.07, 6.45) is 0. The van der Waals surface area contributed by atoms with Gasteiger partial charge in [0.1, 0.15) is 0 Å². The first-order valence-corrected chi connectivity index (χ1v) is 3.98. The molecule has 0 amide bonds. The van der Waals surface area contributed by atoms with Gasteiger partial charge in [0.25, 0.3) is 0 Å². The molecule has 0 N–H and O–H groups in total. The van der Waals surface area contributed by atoms with Crippen molar-refractivity contribution < 1.29 is 9.47 Å². The van der Waals surface area contributed by atoms with Gasteiger partial charge in [-0.15, -0.1) is 0 Å². The molecule has 0 saturated carbocycles. The molecule has 0 aliphatic carbocycles. The number of ether oxygens (including phenoxy) is 2. The van der Waals surface area contributed by atoms with E-state index in [1.54, 1.807) is 0 Å². The van der Waals surface area contributed by atoms with Crippen LogP contribution in [0, 0.1) is 5.92 Å². The minimum absolute atomic E-state index is 0.0934. The molecule has 0 aromatic carbocycles. The number of azide groups is 1. The van der Waals surface area contributed by atoms with Gasteiger partial charge in [-0.25, -0.2) is 0 Å². The van der Waals surface area contributed by atoms with Crippen molar-refractivity contribution in [2.75, 3.05) is 19.8 Å². The predicted molar refractivity (Wildman–Crippen MR) is 43.5 cm³/mol. The highest BCUT2D eigenvalue weighted by molar-refractivity contribution is 4.76. The molecule has 68 valence electrons. The fourth-order valence-electron chi connectivity index (χ4n) is 1.14. The molecule has 5 nitrogen and oxygen atoms in total. The molecule has 1 rings (SSSR count). The van der Waals surface area contributed by atoms with Crippen LogP contribution in [0.4, 0.5) is 0 Å². The normalized spacial score (nSPS) is 23.2. The van der Waals surface area contributed by atoms with Crippen LogP contribution in [0.25, 0.3) is 10.4 Å². The average Bonchev–Trinajstić information content (AvgIpc) is 2.49. The van der Waals surface area contributed by atoms with Crippen LogP contribution in [0.5, 0.6) is 0 Å². The molecular weight excluding hydrogens is 158 g/mol. The maximum atomic E-state index is 8.12. The molecule has 1 saturated heterocycles. The Bertz CT molecular complexity index is 195. The Kier molecular flexibility index (Phi) is 2.92. The van der Waals surface area contributed by atoms with E-state index in [9.17, 15) is 0 Å². The number of hydrogen-bond acceptors (Lipinski definition) is 3. The highest BCUT2D eigenvalue weighted by atomic mass is 16.7. The zero-order valence-electron chi connectivity index (χ0n) is 7.36. The molecule has 1 aliphatic rings. The second kappa shape index (κ2) is 3.76. The Labute approximate surface area is 71.3 Å². The molecule has 0 bridgehead atoms. The van der Waals surface area contributed by atoms with Crippen LogP contribution in [0.3, 0.4) is 0 Å². The van der Waals surface area contributed by atoms with Gasteiger partial charge in [0.15, 0.2) is 5.79 Å². The molecule has 0 aromatic heterocycles. The molecule has 1 unspecified atom stereocenters. The van der Waals surface area contributed by atoms with Crippen LogP contribution < -0.4 is 0 Å². The van der Waals surface area contributed by atoms with Gasteiger partial charge >= 0.3 is 0 Å². The van der Waals surface area contributed by atoms with Gasteiger partial charge in [-0.05, 0) is 12.5 Å². The van der Waals surface area contributed by atoms with E-state index < -0.39 is 5.79 Å². The van der Waals surface area contributed by atoms with Crippen molar-refractivity contribution in [1.82, 2.24) is 0 Å². The zero-order chi connectivity index (χ0) is 9.03. The summed E-state index contributed by atoms with van der Waals surface area (Å²) in [5.41, 5.74) is 8.12. The lowest BCUT2D eigenvalue weighted by Crippen LogP contribution is -2.35. The summed E-state index contributed by atoms with van der Waals surface area (Å²) in [5.74, 6) is -0.468. The van der Waals surface area contributed by atoms with E-state index in [0.717, 1.165) is 0 Å². The Balaban J connectivity index is 2.48. The van der Waals surface area contributed by atoms with E-state index in [4.69, 9.17) is 15.0 Å². The van der Waals surface area contributed by atoms with E-state index in [1.807, 2.05) is 13.8 Å². The van der Waals surface area contributed by atoms with Crippen LogP contribution in [0.1, 0.15) is 13.8 Å². The van der Waals surface area contributed by atoms with E-state index in [1.165, 1.54) is 0 Å². The predicted octanol–water partition coefficient (Wildman–Crippen LogP) is 1.70. The smallest absolute Gasteiger partial charge is 0.168 e. The third-order valence-electron chi connectivity index (χ3n) is 2.17. The standard InChI is InChI=1S/C7H13N3O2/c1-6(5-9-10-8)7(2)11-3-4-12-7/h6H,3-5H2,1-2H3. The quantitative estimate of drug-likeness (QED) is 0.368. The summed E-state index contributed by atoms with van der Waals surface area (Å²) in [4.78, 5) is 2.69.